The molecule has 7 nitrogen and oxygen atoms in total. The Labute approximate surface area is 198 Å². The Morgan fingerprint density at radius 2 is 1.94 bits per heavy atom. The first-order valence-electron chi connectivity index (χ1n) is 10.7. The van der Waals surface area contributed by atoms with Crippen molar-refractivity contribution in [3.63, 3.8) is 0 Å². The lowest BCUT2D eigenvalue weighted by Gasteiger charge is -2.34. The maximum atomic E-state index is 12.8. The highest BCUT2D eigenvalue weighted by Gasteiger charge is 2.25. The first-order chi connectivity index (χ1) is 15.1. The molecule has 3 heterocycles. The van der Waals surface area contributed by atoms with Crippen LogP contribution in [0.1, 0.15) is 50.4 Å². The van der Waals surface area contributed by atoms with E-state index in [9.17, 15) is 9.59 Å². The lowest BCUT2D eigenvalue weighted by atomic mass is 9.92. The molecule has 2 amide bonds. The SMILES string of the molecule is CSc1cnc(N2CCC(CC(=O)NC(C)(C)C)CC2)c(NC(=O)c2ccnc(Cl)c2)c1. The van der Waals surface area contributed by atoms with Crippen LogP contribution in [0.25, 0.3) is 0 Å². The van der Waals surface area contributed by atoms with E-state index in [0.717, 1.165) is 36.6 Å². The molecule has 172 valence electrons. The lowest BCUT2D eigenvalue weighted by Crippen LogP contribution is -2.42. The fraction of sp³-hybridized carbons (Fsp3) is 0.478. The molecule has 0 atom stereocenters. The quantitative estimate of drug-likeness (QED) is 0.468. The van der Waals surface area contributed by atoms with Crippen molar-refractivity contribution in [2.45, 2.75) is 50.5 Å². The Hall–Kier alpha value is -2.32. The number of nitrogens with zero attached hydrogens (tertiary/aromatic N) is 3. The van der Waals surface area contributed by atoms with Crippen molar-refractivity contribution in [1.82, 2.24) is 15.3 Å². The van der Waals surface area contributed by atoms with Gasteiger partial charge in [0.05, 0.1) is 5.69 Å². The minimum Gasteiger partial charge on any atom is -0.355 e. The molecule has 0 aliphatic carbocycles. The molecule has 1 saturated heterocycles. The van der Waals surface area contributed by atoms with Gasteiger partial charge in [-0.3, -0.25) is 9.59 Å². The molecule has 2 aromatic rings. The van der Waals surface area contributed by atoms with Crippen molar-refractivity contribution in [1.29, 1.82) is 0 Å². The summed E-state index contributed by atoms with van der Waals surface area (Å²) in [7, 11) is 0. The fourth-order valence-electron chi connectivity index (χ4n) is 3.71. The van der Waals surface area contributed by atoms with Crippen molar-refractivity contribution < 1.29 is 9.59 Å². The zero-order valence-corrected chi connectivity index (χ0v) is 20.5. The molecule has 2 aromatic heterocycles. The Morgan fingerprint density at radius 3 is 2.56 bits per heavy atom. The van der Waals surface area contributed by atoms with Gasteiger partial charge in [-0.25, -0.2) is 9.97 Å². The zero-order valence-electron chi connectivity index (χ0n) is 18.9. The zero-order chi connectivity index (χ0) is 23.3. The van der Waals surface area contributed by atoms with Gasteiger partial charge >= 0.3 is 0 Å². The third-order valence-corrected chi connectivity index (χ3v) is 6.12. The maximum absolute atomic E-state index is 12.8. The predicted octanol–water partition coefficient (Wildman–Crippen LogP) is 4.63. The van der Waals surface area contributed by atoms with Gasteiger partial charge in [0, 0.05) is 47.9 Å². The Balaban J connectivity index is 1.69. The first kappa shape index (κ1) is 24.3. The second-order valence-electron chi connectivity index (χ2n) is 9.00. The van der Waals surface area contributed by atoms with Crippen LogP contribution < -0.4 is 15.5 Å². The number of carbonyl (C=O) groups is 2. The number of anilines is 2. The number of piperidine rings is 1. The monoisotopic (exact) mass is 475 g/mol. The van der Waals surface area contributed by atoms with Crippen LogP contribution in [-0.2, 0) is 4.79 Å². The smallest absolute Gasteiger partial charge is 0.255 e. The van der Waals surface area contributed by atoms with E-state index in [1.165, 1.54) is 12.3 Å². The van der Waals surface area contributed by atoms with Crippen LogP contribution in [0, 0.1) is 5.92 Å². The molecular formula is C23H30ClN5O2S. The third kappa shape index (κ3) is 6.84. The Kier molecular flexibility index (Phi) is 8.00. The number of halogens is 1. The van der Waals surface area contributed by atoms with E-state index in [1.807, 2.05) is 39.3 Å². The molecule has 1 fully saturated rings. The van der Waals surface area contributed by atoms with Crippen LogP contribution in [0.15, 0.2) is 35.5 Å². The van der Waals surface area contributed by atoms with Crippen LogP contribution in [0.5, 0.6) is 0 Å². The van der Waals surface area contributed by atoms with E-state index < -0.39 is 0 Å². The second kappa shape index (κ2) is 10.5. The number of thioether (sulfide) groups is 1. The molecule has 0 saturated carbocycles. The first-order valence-corrected chi connectivity index (χ1v) is 12.3. The summed E-state index contributed by atoms with van der Waals surface area (Å²) in [6, 6.07) is 5.11. The van der Waals surface area contributed by atoms with E-state index in [2.05, 4.69) is 25.5 Å². The van der Waals surface area contributed by atoms with Crippen molar-refractivity contribution in [2.75, 3.05) is 29.6 Å². The number of carbonyl (C=O) groups excluding carboxylic acids is 2. The van der Waals surface area contributed by atoms with Crippen molar-refractivity contribution in [2.24, 2.45) is 5.92 Å². The van der Waals surface area contributed by atoms with E-state index >= 15 is 0 Å². The normalized spacial score (nSPS) is 14.8. The number of pyridine rings is 2. The average molecular weight is 476 g/mol. The van der Waals surface area contributed by atoms with Gasteiger partial charge in [0.25, 0.3) is 5.91 Å². The third-order valence-electron chi connectivity index (χ3n) is 5.22. The minimum absolute atomic E-state index is 0.0994. The summed E-state index contributed by atoms with van der Waals surface area (Å²) < 4.78 is 0. The van der Waals surface area contributed by atoms with Gasteiger partial charge in [-0.2, -0.15) is 0 Å². The van der Waals surface area contributed by atoms with Gasteiger partial charge in [-0.05, 0) is 64.0 Å². The van der Waals surface area contributed by atoms with Crippen LogP contribution in [0.4, 0.5) is 11.5 Å². The molecule has 1 aliphatic rings. The molecule has 1 aliphatic heterocycles. The van der Waals surface area contributed by atoms with Crippen molar-refractivity contribution in [3.05, 3.63) is 41.3 Å². The topological polar surface area (TPSA) is 87.2 Å². The van der Waals surface area contributed by atoms with Gasteiger partial charge in [0.2, 0.25) is 5.91 Å². The molecule has 0 bridgehead atoms. The molecule has 2 N–H and O–H groups in total. The van der Waals surface area contributed by atoms with Crippen LogP contribution in [0.2, 0.25) is 5.15 Å². The largest absolute Gasteiger partial charge is 0.355 e. The molecule has 0 radical (unpaired) electrons. The van der Waals surface area contributed by atoms with E-state index in [-0.39, 0.29) is 22.5 Å². The number of nitrogens with one attached hydrogen (secondary N) is 2. The molecule has 0 spiro atoms. The molecular weight excluding hydrogens is 446 g/mol. The number of hydrogen-bond acceptors (Lipinski definition) is 6. The minimum atomic E-state index is -0.260. The second-order valence-corrected chi connectivity index (χ2v) is 10.3. The number of hydrogen-bond donors (Lipinski definition) is 2. The van der Waals surface area contributed by atoms with E-state index in [4.69, 9.17) is 11.6 Å². The van der Waals surface area contributed by atoms with Gasteiger partial charge in [0.1, 0.15) is 5.15 Å². The maximum Gasteiger partial charge on any atom is 0.255 e. The van der Waals surface area contributed by atoms with Gasteiger partial charge in [-0.1, -0.05) is 11.6 Å². The molecule has 0 aromatic carbocycles. The summed E-state index contributed by atoms with van der Waals surface area (Å²) in [5.41, 5.74) is 0.889. The summed E-state index contributed by atoms with van der Waals surface area (Å²) in [6.07, 6.45) is 7.64. The highest BCUT2D eigenvalue weighted by atomic mass is 35.5. The Bertz CT molecular complexity index is 971. The van der Waals surface area contributed by atoms with Crippen molar-refractivity contribution >= 4 is 46.7 Å². The fourth-order valence-corrected chi connectivity index (χ4v) is 4.28. The van der Waals surface area contributed by atoms with Crippen LogP contribution in [0.3, 0.4) is 0 Å². The van der Waals surface area contributed by atoms with Gasteiger partial charge in [-0.15, -0.1) is 11.8 Å². The van der Waals surface area contributed by atoms with Gasteiger partial charge < -0.3 is 15.5 Å². The summed E-state index contributed by atoms with van der Waals surface area (Å²) in [6.45, 7) is 7.54. The highest BCUT2D eigenvalue weighted by molar-refractivity contribution is 7.98. The summed E-state index contributed by atoms with van der Waals surface area (Å²) in [5, 5.41) is 6.30. The van der Waals surface area contributed by atoms with Crippen molar-refractivity contribution in [3.8, 4) is 0 Å². The number of rotatable bonds is 6. The molecule has 32 heavy (non-hydrogen) atoms. The summed E-state index contributed by atoms with van der Waals surface area (Å²) in [5.74, 6) is 0.927. The van der Waals surface area contributed by atoms with Crippen LogP contribution >= 0.6 is 23.4 Å². The predicted molar refractivity (Wildman–Crippen MR) is 131 cm³/mol. The van der Waals surface area contributed by atoms with Gasteiger partial charge in [0.15, 0.2) is 5.82 Å². The van der Waals surface area contributed by atoms with Crippen LogP contribution in [-0.4, -0.2) is 46.7 Å². The standard InChI is InChI=1S/C23H30ClN5O2S/c1-23(2,3)28-20(30)11-15-6-9-29(10-7-15)21-18(13-17(32-4)14-26-21)27-22(31)16-5-8-25-19(24)12-16/h5,8,12-15H,6-7,9-11H2,1-4H3,(H,27,31)(H,28,30). The number of amides is 2. The summed E-state index contributed by atoms with van der Waals surface area (Å²) >= 11 is 7.50. The average Bonchev–Trinajstić information content (AvgIpc) is 2.73. The van der Waals surface area contributed by atoms with E-state index in [0.29, 0.717) is 23.6 Å². The Morgan fingerprint density at radius 1 is 1.22 bits per heavy atom. The molecule has 3 rings (SSSR count). The number of aromatic nitrogens is 2. The molecule has 0 unspecified atom stereocenters. The molecule has 9 heteroatoms. The summed E-state index contributed by atoms with van der Waals surface area (Å²) in [4.78, 5) is 36.8. The lowest BCUT2D eigenvalue weighted by molar-refractivity contribution is -0.123. The van der Waals surface area contributed by atoms with E-state index in [1.54, 1.807) is 17.8 Å². The highest BCUT2D eigenvalue weighted by Crippen LogP contribution is 2.32.